The topological polar surface area (TPSA) is 0 Å². The molecule has 152 valence electrons. The summed E-state index contributed by atoms with van der Waals surface area (Å²) >= 11 is 0. The molecule has 0 bridgehead atoms. The van der Waals surface area contributed by atoms with Gasteiger partial charge in [-0.2, -0.15) is 0 Å². The highest BCUT2D eigenvalue weighted by atomic mass is 14.2. The van der Waals surface area contributed by atoms with Crippen LogP contribution in [0.5, 0.6) is 0 Å². The molecule has 0 nitrogen and oxygen atoms in total. The molecule has 0 amide bonds. The third-order valence-corrected chi connectivity index (χ3v) is 7.19. The molecule has 3 aromatic carbocycles. The summed E-state index contributed by atoms with van der Waals surface area (Å²) in [7, 11) is 0. The standard InChI is InChI=1S/C30H32/c1-22-9-13-26(14-10-22)27-15-11-23(12-16-27)19-24-5-4-6-25(20-24)21-29-18-17-28-7-2-3-8-30(28)29/h2-8,11-12,15-16,18,20,22,26H,9-10,13-14,17,19,21H2,1H3. The zero-order valence-corrected chi connectivity index (χ0v) is 18.1. The fraction of sp³-hybridized carbons (Fsp3) is 0.333. The maximum absolute atomic E-state index is 2.40. The summed E-state index contributed by atoms with van der Waals surface area (Å²) in [6.07, 6.45) is 11.0. The van der Waals surface area contributed by atoms with Crippen LogP contribution in [0.25, 0.3) is 5.57 Å². The van der Waals surface area contributed by atoms with E-state index in [4.69, 9.17) is 0 Å². The van der Waals surface area contributed by atoms with Gasteiger partial charge in [-0.3, -0.25) is 0 Å². The summed E-state index contributed by atoms with van der Waals surface area (Å²) in [5.74, 6) is 1.70. The molecular weight excluding hydrogens is 360 g/mol. The normalized spacial score (nSPS) is 20.6. The maximum atomic E-state index is 2.40. The van der Waals surface area contributed by atoms with E-state index in [1.165, 1.54) is 59.1 Å². The molecular formula is C30H32. The first-order valence-electron chi connectivity index (χ1n) is 11.7. The smallest absolute Gasteiger partial charge is 0.00227 e. The molecule has 3 aromatic rings. The van der Waals surface area contributed by atoms with Gasteiger partial charge in [0.05, 0.1) is 0 Å². The molecule has 0 unspecified atom stereocenters. The Kier molecular flexibility index (Phi) is 5.58. The molecule has 0 heterocycles. The molecule has 0 saturated heterocycles. The molecule has 1 fully saturated rings. The molecule has 0 spiro atoms. The first kappa shape index (κ1) is 19.4. The Bertz CT molecular complexity index is 1030. The molecule has 2 aliphatic rings. The van der Waals surface area contributed by atoms with Crippen LogP contribution in [0.3, 0.4) is 0 Å². The molecule has 30 heavy (non-hydrogen) atoms. The number of hydrogen-bond donors (Lipinski definition) is 0. The van der Waals surface area contributed by atoms with Gasteiger partial charge in [0, 0.05) is 0 Å². The van der Waals surface area contributed by atoms with Crippen molar-refractivity contribution in [3.8, 4) is 0 Å². The first-order valence-corrected chi connectivity index (χ1v) is 11.7. The number of fused-ring (bicyclic) bond motifs is 1. The molecule has 0 aromatic heterocycles. The molecule has 0 heteroatoms. The monoisotopic (exact) mass is 392 g/mol. The summed E-state index contributed by atoms with van der Waals surface area (Å²) in [6.45, 7) is 2.40. The van der Waals surface area contributed by atoms with Gasteiger partial charge in [-0.1, -0.05) is 98.6 Å². The zero-order chi connectivity index (χ0) is 20.3. The van der Waals surface area contributed by atoms with Gasteiger partial charge in [0.1, 0.15) is 0 Å². The van der Waals surface area contributed by atoms with E-state index in [1.54, 1.807) is 5.56 Å². The van der Waals surface area contributed by atoms with Gasteiger partial charge in [0.2, 0.25) is 0 Å². The van der Waals surface area contributed by atoms with Crippen LogP contribution >= 0.6 is 0 Å². The summed E-state index contributed by atoms with van der Waals surface area (Å²) in [6, 6.07) is 27.5. The highest BCUT2D eigenvalue weighted by Crippen LogP contribution is 2.35. The third-order valence-electron chi connectivity index (χ3n) is 7.19. The molecule has 1 saturated carbocycles. The average molecular weight is 393 g/mol. The predicted octanol–water partition coefficient (Wildman–Crippen LogP) is 7.75. The second-order valence-corrected chi connectivity index (χ2v) is 9.46. The van der Waals surface area contributed by atoms with Gasteiger partial charge in [-0.15, -0.1) is 0 Å². The molecule has 2 aliphatic carbocycles. The number of allylic oxidation sites excluding steroid dienone is 2. The van der Waals surface area contributed by atoms with E-state index in [-0.39, 0.29) is 0 Å². The van der Waals surface area contributed by atoms with Crippen molar-refractivity contribution in [2.24, 2.45) is 5.92 Å². The van der Waals surface area contributed by atoms with Gasteiger partial charge in [0.15, 0.2) is 0 Å². The Morgan fingerprint density at radius 1 is 0.700 bits per heavy atom. The van der Waals surface area contributed by atoms with E-state index in [0.29, 0.717) is 0 Å². The average Bonchev–Trinajstić information content (AvgIpc) is 3.18. The summed E-state index contributed by atoms with van der Waals surface area (Å²) in [5, 5.41) is 0. The molecule has 0 aliphatic heterocycles. The van der Waals surface area contributed by atoms with Crippen LogP contribution in [0.15, 0.2) is 78.9 Å². The lowest BCUT2D eigenvalue weighted by molar-refractivity contribution is 0.348. The van der Waals surface area contributed by atoms with E-state index in [9.17, 15) is 0 Å². The Labute approximate surface area is 181 Å². The van der Waals surface area contributed by atoms with Crippen molar-refractivity contribution in [3.63, 3.8) is 0 Å². The van der Waals surface area contributed by atoms with Crippen molar-refractivity contribution in [1.29, 1.82) is 0 Å². The Balaban J connectivity index is 1.25. The van der Waals surface area contributed by atoms with E-state index in [0.717, 1.165) is 31.1 Å². The van der Waals surface area contributed by atoms with Crippen LogP contribution < -0.4 is 0 Å². The molecule has 0 atom stereocenters. The fourth-order valence-corrected chi connectivity index (χ4v) is 5.33. The SMILES string of the molecule is CC1CCC(c2ccc(Cc3cccc(CC4=CCc5ccccc54)c3)cc2)CC1. The van der Waals surface area contributed by atoms with Crippen molar-refractivity contribution in [1.82, 2.24) is 0 Å². The summed E-state index contributed by atoms with van der Waals surface area (Å²) in [5.41, 5.74) is 10.2. The van der Waals surface area contributed by atoms with E-state index >= 15 is 0 Å². The minimum absolute atomic E-state index is 0.779. The van der Waals surface area contributed by atoms with Crippen LogP contribution in [0.4, 0.5) is 0 Å². The first-order chi connectivity index (χ1) is 14.7. The molecule has 0 N–H and O–H groups in total. The number of rotatable bonds is 5. The van der Waals surface area contributed by atoms with Gasteiger partial charge in [-0.25, -0.2) is 0 Å². The second-order valence-electron chi connectivity index (χ2n) is 9.46. The molecule has 5 rings (SSSR count). The lowest BCUT2D eigenvalue weighted by Gasteiger charge is -2.26. The van der Waals surface area contributed by atoms with Gasteiger partial charge in [-0.05, 0) is 82.9 Å². The van der Waals surface area contributed by atoms with Crippen molar-refractivity contribution >= 4 is 5.57 Å². The Morgan fingerprint density at radius 2 is 1.43 bits per heavy atom. The number of benzene rings is 3. The Hall–Kier alpha value is -2.60. The highest BCUT2D eigenvalue weighted by molar-refractivity contribution is 5.74. The zero-order valence-electron chi connectivity index (χ0n) is 18.1. The Morgan fingerprint density at radius 3 is 2.23 bits per heavy atom. The van der Waals surface area contributed by atoms with Crippen molar-refractivity contribution in [3.05, 3.63) is 112 Å². The van der Waals surface area contributed by atoms with Gasteiger partial charge < -0.3 is 0 Å². The van der Waals surface area contributed by atoms with Crippen LogP contribution in [0.2, 0.25) is 0 Å². The van der Waals surface area contributed by atoms with Gasteiger partial charge >= 0.3 is 0 Å². The van der Waals surface area contributed by atoms with Crippen LogP contribution in [-0.4, -0.2) is 0 Å². The highest BCUT2D eigenvalue weighted by Gasteiger charge is 2.19. The van der Waals surface area contributed by atoms with Crippen molar-refractivity contribution in [2.45, 2.75) is 57.8 Å². The molecule has 0 radical (unpaired) electrons. The van der Waals surface area contributed by atoms with Gasteiger partial charge in [0.25, 0.3) is 0 Å². The predicted molar refractivity (Wildman–Crippen MR) is 128 cm³/mol. The van der Waals surface area contributed by atoms with Crippen molar-refractivity contribution < 1.29 is 0 Å². The van der Waals surface area contributed by atoms with Crippen molar-refractivity contribution in [2.75, 3.05) is 0 Å². The van der Waals surface area contributed by atoms with Crippen LogP contribution in [0, 0.1) is 5.92 Å². The lowest BCUT2D eigenvalue weighted by atomic mass is 9.79. The second kappa shape index (κ2) is 8.64. The maximum Gasteiger partial charge on any atom is -0.00227 e. The van der Waals surface area contributed by atoms with E-state index < -0.39 is 0 Å². The third kappa shape index (κ3) is 4.29. The number of hydrogen-bond acceptors (Lipinski definition) is 0. The lowest BCUT2D eigenvalue weighted by Crippen LogP contribution is -2.10. The van der Waals surface area contributed by atoms with Crippen LogP contribution in [0.1, 0.15) is 71.9 Å². The van der Waals surface area contributed by atoms with Crippen LogP contribution in [-0.2, 0) is 19.3 Å². The largest absolute Gasteiger partial charge is 0.0759 e. The summed E-state index contributed by atoms with van der Waals surface area (Å²) in [4.78, 5) is 0. The fourth-order valence-electron chi connectivity index (χ4n) is 5.33. The minimum atomic E-state index is 0.779. The van der Waals surface area contributed by atoms with E-state index in [2.05, 4.69) is 85.8 Å². The quantitative estimate of drug-likeness (QED) is 0.416. The summed E-state index contributed by atoms with van der Waals surface area (Å²) < 4.78 is 0. The van der Waals surface area contributed by atoms with E-state index in [1.807, 2.05) is 0 Å². The minimum Gasteiger partial charge on any atom is -0.0759 e.